The zero-order valence-corrected chi connectivity index (χ0v) is 11.7. The fourth-order valence-electron chi connectivity index (χ4n) is 1.44. The molecule has 6 nitrogen and oxygen atoms in total. The highest BCUT2D eigenvalue weighted by Crippen LogP contribution is 1.99. The van der Waals surface area contributed by atoms with Crippen LogP contribution in [0.1, 0.15) is 26.7 Å². The summed E-state index contributed by atoms with van der Waals surface area (Å²) >= 11 is 0. The molecular weight excluding hydrogens is 234 g/mol. The van der Waals surface area contributed by atoms with Crippen molar-refractivity contribution in [2.75, 3.05) is 27.2 Å². The number of carbonyl (C=O) groups excluding carboxylic acids is 1. The average Bonchev–Trinajstić information content (AvgIpc) is 2.22. The predicted octanol–water partition coefficient (Wildman–Crippen LogP) is 0.737. The summed E-state index contributed by atoms with van der Waals surface area (Å²) in [5, 5.41) is 14.1. The molecule has 0 aromatic carbocycles. The lowest BCUT2D eigenvalue weighted by atomic mass is 10.1. The highest BCUT2D eigenvalue weighted by atomic mass is 16.4. The number of carboxylic acids is 1. The van der Waals surface area contributed by atoms with Crippen molar-refractivity contribution in [1.29, 1.82) is 0 Å². The average molecular weight is 259 g/mol. The minimum Gasteiger partial charge on any atom is -0.481 e. The second-order valence-electron chi connectivity index (χ2n) is 5.05. The van der Waals surface area contributed by atoms with Crippen LogP contribution in [0.4, 0.5) is 4.79 Å². The number of carboxylic acid groups (broad SMARTS) is 1. The van der Waals surface area contributed by atoms with E-state index in [0.717, 1.165) is 13.0 Å². The first-order chi connectivity index (χ1) is 8.31. The lowest BCUT2D eigenvalue weighted by molar-refractivity contribution is -0.137. The first kappa shape index (κ1) is 16.7. The summed E-state index contributed by atoms with van der Waals surface area (Å²) in [7, 11) is 3.97. The molecule has 0 fully saturated rings. The fraction of sp³-hybridized carbons (Fsp3) is 0.833. The number of urea groups is 1. The van der Waals surface area contributed by atoms with E-state index in [9.17, 15) is 9.59 Å². The van der Waals surface area contributed by atoms with E-state index in [1.54, 1.807) is 6.92 Å². The Morgan fingerprint density at radius 3 is 2.39 bits per heavy atom. The van der Waals surface area contributed by atoms with Gasteiger partial charge < -0.3 is 20.6 Å². The summed E-state index contributed by atoms with van der Waals surface area (Å²) in [6.45, 7) is 5.03. The van der Waals surface area contributed by atoms with Crippen LogP contribution in [0.15, 0.2) is 0 Å². The Bertz CT molecular complexity index is 269. The molecule has 0 aliphatic carbocycles. The van der Waals surface area contributed by atoms with Gasteiger partial charge in [0, 0.05) is 19.0 Å². The second kappa shape index (κ2) is 8.74. The molecule has 0 aliphatic heterocycles. The number of hydrogen-bond acceptors (Lipinski definition) is 3. The van der Waals surface area contributed by atoms with Gasteiger partial charge in [-0.2, -0.15) is 0 Å². The summed E-state index contributed by atoms with van der Waals surface area (Å²) in [5.41, 5.74) is 0. The smallest absolute Gasteiger partial charge is 0.315 e. The van der Waals surface area contributed by atoms with Crippen molar-refractivity contribution in [1.82, 2.24) is 15.5 Å². The molecular formula is C12H25N3O3. The molecule has 0 aromatic heterocycles. The SMILES string of the molecule is CC(CNC(=O)NC(C)CCN(C)C)CC(=O)O. The number of rotatable bonds is 8. The lowest BCUT2D eigenvalue weighted by Gasteiger charge is -2.18. The first-order valence-corrected chi connectivity index (χ1v) is 6.22. The number of nitrogens with zero attached hydrogens (tertiary/aromatic N) is 1. The monoisotopic (exact) mass is 259 g/mol. The molecule has 2 amide bonds. The fourth-order valence-corrected chi connectivity index (χ4v) is 1.44. The van der Waals surface area contributed by atoms with Crippen molar-refractivity contribution in [3.63, 3.8) is 0 Å². The van der Waals surface area contributed by atoms with E-state index >= 15 is 0 Å². The molecule has 0 bridgehead atoms. The Labute approximate surface area is 109 Å². The Morgan fingerprint density at radius 2 is 1.89 bits per heavy atom. The van der Waals surface area contributed by atoms with Gasteiger partial charge in [0.2, 0.25) is 0 Å². The number of nitrogens with one attached hydrogen (secondary N) is 2. The maximum atomic E-state index is 11.5. The zero-order valence-electron chi connectivity index (χ0n) is 11.7. The Balaban J connectivity index is 3.73. The molecule has 106 valence electrons. The highest BCUT2D eigenvalue weighted by Gasteiger charge is 2.11. The van der Waals surface area contributed by atoms with Crippen LogP contribution in [-0.4, -0.2) is 55.2 Å². The molecule has 0 spiro atoms. The Kier molecular flexibility index (Phi) is 8.11. The predicted molar refractivity (Wildman–Crippen MR) is 70.6 cm³/mol. The van der Waals surface area contributed by atoms with Crippen LogP contribution < -0.4 is 10.6 Å². The van der Waals surface area contributed by atoms with Gasteiger partial charge >= 0.3 is 12.0 Å². The normalized spacial score (nSPS) is 14.1. The van der Waals surface area contributed by atoms with Crippen molar-refractivity contribution in [2.24, 2.45) is 5.92 Å². The van der Waals surface area contributed by atoms with E-state index in [4.69, 9.17) is 5.11 Å². The molecule has 0 heterocycles. The molecule has 0 radical (unpaired) electrons. The third-order valence-corrected chi connectivity index (χ3v) is 2.52. The Morgan fingerprint density at radius 1 is 1.28 bits per heavy atom. The van der Waals surface area contributed by atoms with E-state index in [-0.39, 0.29) is 24.4 Å². The lowest BCUT2D eigenvalue weighted by Crippen LogP contribution is -2.43. The van der Waals surface area contributed by atoms with Crippen LogP contribution in [0.25, 0.3) is 0 Å². The van der Waals surface area contributed by atoms with Crippen molar-refractivity contribution in [3.8, 4) is 0 Å². The van der Waals surface area contributed by atoms with Crippen molar-refractivity contribution < 1.29 is 14.7 Å². The molecule has 6 heteroatoms. The minimum atomic E-state index is -0.843. The summed E-state index contributed by atoms with van der Waals surface area (Å²) in [4.78, 5) is 24.0. The first-order valence-electron chi connectivity index (χ1n) is 6.22. The topological polar surface area (TPSA) is 81.7 Å². The van der Waals surface area contributed by atoms with Crippen LogP contribution in [0.5, 0.6) is 0 Å². The van der Waals surface area contributed by atoms with Crippen molar-refractivity contribution >= 4 is 12.0 Å². The van der Waals surface area contributed by atoms with E-state index in [2.05, 4.69) is 15.5 Å². The maximum absolute atomic E-state index is 11.5. The second-order valence-corrected chi connectivity index (χ2v) is 5.05. The van der Waals surface area contributed by atoms with Gasteiger partial charge in [0.25, 0.3) is 0 Å². The van der Waals surface area contributed by atoms with Crippen LogP contribution in [0, 0.1) is 5.92 Å². The van der Waals surface area contributed by atoms with Crippen LogP contribution in [-0.2, 0) is 4.79 Å². The van der Waals surface area contributed by atoms with Gasteiger partial charge in [-0.15, -0.1) is 0 Å². The van der Waals surface area contributed by atoms with E-state index in [1.807, 2.05) is 21.0 Å². The number of aliphatic carboxylic acids is 1. The van der Waals surface area contributed by atoms with Gasteiger partial charge in [-0.1, -0.05) is 6.92 Å². The molecule has 0 saturated heterocycles. The summed E-state index contributed by atoms with van der Waals surface area (Å²) < 4.78 is 0. The molecule has 0 rings (SSSR count). The molecule has 2 unspecified atom stereocenters. The quantitative estimate of drug-likeness (QED) is 0.600. The third-order valence-electron chi connectivity index (χ3n) is 2.52. The van der Waals surface area contributed by atoms with E-state index in [0.29, 0.717) is 6.54 Å². The standard InChI is InChI=1S/C12H25N3O3/c1-9(7-11(16)17)8-13-12(18)14-10(2)5-6-15(3)4/h9-10H,5-8H2,1-4H3,(H,16,17)(H2,13,14,18). The third kappa shape index (κ3) is 9.89. The van der Waals surface area contributed by atoms with Gasteiger partial charge in [0.15, 0.2) is 0 Å². The van der Waals surface area contributed by atoms with Crippen LogP contribution in [0.3, 0.4) is 0 Å². The number of carbonyl (C=O) groups is 2. The minimum absolute atomic E-state index is 0.0645. The molecule has 0 saturated carbocycles. The summed E-state index contributed by atoms with van der Waals surface area (Å²) in [5.74, 6) is -0.908. The molecule has 3 N–H and O–H groups in total. The van der Waals surface area contributed by atoms with Crippen molar-refractivity contribution in [2.45, 2.75) is 32.7 Å². The molecule has 2 atom stereocenters. The van der Waals surface area contributed by atoms with E-state index in [1.165, 1.54) is 0 Å². The van der Waals surface area contributed by atoms with Gasteiger partial charge in [0.1, 0.15) is 0 Å². The molecule has 0 aromatic rings. The van der Waals surface area contributed by atoms with Gasteiger partial charge in [0.05, 0.1) is 0 Å². The highest BCUT2D eigenvalue weighted by molar-refractivity contribution is 5.74. The maximum Gasteiger partial charge on any atom is 0.315 e. The van der Waals surface area contributed by atoms with Crippen LogP contribution in [0.2, 0.25) is 0 Å². The largest absolute Gasteiger partial charge is 0.481 e. The van der Waals surface area contributed by atoms with Crippen LogP contribution >= 0.6 is 0 Å². The Hall–Kier alpha value is -1.30. The van der Waals surface area contributed by atoms with Gasteiger partial charge in [-0.25, -0.2) is 4.79 Å². The van der Waals surface area contributed by atoms with Crippen molar-refractivity contribution in [3.05, 3.63) is 0 Å². The zero-order chi connectivity index (χ0) is 14.1. The number of hydrogen-bond donors (Lipinski definition) is 3. The number of amides is 2. The van der Waals surface area contributed by atoms with Gasteiger partial charge in [-0.05, 0) is 39.9 Å². The molecule has 0 aliphatic rings. The van der Waals surface area contributed by atoms with Gasteiger partial charge in [-0.3, -0.25) is 4.79 Å². The summed E-state index contributed by atoms with van der Waals surface area (Å²) in [6, 6.07) is -0.138. The summed E-state index contributed by atoms with van der Waals surface area (Å²) in [6.07, 6.45) is 0.946. The van der Waals surface area contributed by atoms with E-state index < -0.39 is 5.97 Å². The molecule has 18 heavy (non-hydrogen) atoms.